The Hall–Kier alpha value is -1.21. The van der Waals surface area contributed by atoms with Crippen LogP contribution in [0, 0.1) is 0 Å². The van der Waals surface area contributed by atoms with Crippen LogP contribution in [0.3, 0.4) is 0 Å². The average molecular weight is 392 g/mol. The Kier molecular flexibility index (Phi) is 14.2. The monoisotopic (exact) mass is 392 g/mol. The average Bonchev–Trinajstić information content (AvgIpc) is 2.59. The number of unbranched alkanes of at least 4 members (excludes halogenated alkanes) is 3. The number of rotatable bonds is 17. The summed E-state index contributed by atoms with van der Waals surface area (Å²) >= 11 is 0. The fourth-order valence-corrected chi connectivity index (χ4v) is 3.86. The Morgan fingerprint density at radius 3 is 2.31 bits per heavy atom. The van der Waals surface area contributed by atoms with Crippen molar-refractivity contribution in [2.24, 2.45) is 0 Å². The summed E-state index contributed by atoms with van der Waals surface area (Å²) in [5.74, 6) is -0.444. The van der Waals surface area contributed by atoms with E-state index in [4.69, 9.17) is 13.8 Å². The van der Waals surface area contributed by atoms with Crippen molar-refractivity contribution in [1.82, 2.24) is 10.4 Å². The molecule has 0 aliphatic rings. The molecule has 0 aliphatic carbocycles. The van der Waals surface area contributed by atoms with Gasteiger partial charge in [0, 0.05) is 18.7 Å². The highest BCUT2D eigenvalue weighted by Crippen LogP contribution is 2.48. The maximum absolute atomic E-state index is 12.3. The molecule has 9 heteroatoms. The molecule has 0 aromatic rings. The molecule has 0 radical (unpaired) electrons. The van der Waals surface area contributed by atoms with E-state index in [1.54, 1.807) is 20.8 Å². The molecule has 0 aromatic heterocycles. The van der Waals surface area contributed by atoms with Crippen LogP contribution in [0.5, 0.6) is 0 Å². The number of carbonyl (C=O) groups is 2. The standard InChI is InChI=1S/C17H33N2O6P/c1-5-24-26(22,25-6-2)14-10-8-7-9-12-19(15-20)18-11-13-23-17(21)16(3)4/h15,18H,3,5-14H2,1-2,4H3. The Bertz CT molecular complexity index is 462. The van der Waals surface area contributed by atoms with Crippen molar-refractivity contribution in [2.45, 2.75) is 46.5 Å². The third-order valence-electron chi connectivity index (χ3n) is 3.36. The molecule has 0 saturated heterocycles. The molecule has 0 aliphatic heterocycles. The van der Waals surface area contributed by atoms with Gasteiger partial charge in [-0.3, -0.25) is 14.4 Å². The molecule has 0 heterocycles. The van der Waals surface area contributed by atoms with Gasteiger partial charge in [0.1, 0.15) is 6.61 Å². The molecule has 8 nitrogen and oxygen atoms in total. The lowest BCUT2D eigenvalue weighted by Gasteiger charge is -2.19. The lowest BCUT2D eigenvalue weighted by atomic mass is 10.2. The fourth-order valence-electron chi connectivity index (χ4n) is 2.13. The minimum atomic E-state index is -2.95. The third kappa shape index (κ3) is 12.2. The maximum atomic E-state index is 12.3. The molecule has 1 N–H and O–H groups in total. The molecule has 0 spiro atoms. The van der Waals surface area contributed by atoms with Crippen molar-refractivity contribution < 1.29 is 27.9 Å². The molecule has 0 saturated carbocycles. The molecule has 0 rings (SSSR count). The number of ether oxygens (including phenoxy) is 1. The topological polar surface area (TPSA) is 94.2 Å². The minimum absolute atomic E-state index is 0.167. The summed E-state index contributed by atoms with van der Waals surface area (Å²) in [6.07, 6.45) is 4.47. The first kappa shape index (κ1) is 24.8. The molecule has 0 bridgehead atoms. The van der Waals surface area contributed by atoms with Gasteiger partial charge in [-0.25, -0.2) is 10.2 Å². The zero-order valence-corrected chi connectivity index (χ0v) is 17.1. The van der Waals surface area contributed by atoms with E-state index in [9.17, 15) is 14.2 Å². The van der Waals surface area contributed by atoms with E-state index in [1.165, 1.54) is 5.01 Å². The predicted octanol–water partition coefficient (Wildman–Crippen LogP) is 2.90. The lowest BCUT2D eigenvalue weighted by Crippen LogP contribution is -2.39. The van der Waals surface area contributed by atoms with Crippen molar-refractivity contribution in [3.63, 3.8) is 0 Å². The molecule has 26 heavy (non-hydrogen) atoms. The Labute approximate surface area is 156 Å². The summed E-state index contributed by atoms with van der Waals surface area (Å²) in [4.78, 5) is 22.2. The summed E-state index contributed by atoms with van der Waals surface area (Å²) in [6.45, 7) is 10.5. The summed E-state index contributed by atoms with van der Waals surface area (Å²) in [5, 5.41) is 1.43. The van der Waals surface area contributed by atoms with E-state index in [2.05, 4.69) is 12.0 Å². The van der Waals surface area contributed by atoms with Gasteiger partial charge in [0.15, 0.2) is 0 Å². The molecule has 152 valence electrons. The van der Waals surface area contributed by atoms with Crippen LogP contribution < -0.4 is 5.43 Å². The minimum Gasteiger partial charge on any atom is -0.461 e. The molecule has 0 unspecified atom stereocenters. The molecule has 0 aromatic carbocycles. The Morgan fingerprint density at radius 1 is 1.15 bits per heavy atom. The van der Waals surface area contributed by atoms with Crippen LogP contribution in [0.2, 0.25) is 0 Å². The summed E-state index contributed by atoms with van der Waals surface area (Å²) in [5.41, 5.74) is 3.23. The largest absolute Gasteiger partial charge is 0.461 e. The fraction of sp³-hybridized carbons (Fsp3) is 0.765. The van der Waals surface area contributed by atoms with Crippen LogP contribution in [0.15, 0.2) is 12.2 Å². The number of esters is 1. The van der Waals surface area contributed by atoms with E-state index in [0.29, 0.717) is 44.4 Å². The zero-order valence-electron chi connectivity index (χ0n) is 16.2. The normalized spacial score (nSPS) is 11.2. The van der Waals surface area contributed by atoms with E-state index in [1.807, 2.05) is 0 Å². The first-order valence-corrected chi connectivity index (χ1v) is 10.8. The third-order valence-corrected chi connectivity index (χ3v) is 5.53. The number of hydrazine groups is 1. The number of nitrogens with zero attached hydrogens (tertiary/aromatic N) is 1. The number of hydrogen-bond acceptors (Lipinski definition) is 7. The van der Waals surface area contributed by atoms with E-state index in [0.717, 1.165) is 25.7 Å². The van der Waals surface area contributed by atoms with Crippen LogP contribution in [-0.2, 0) is 27.9 Å². The number of amides is 1. The van der Waals surface area contributed by atoms with Gasteiger partial charge < -0.3 is 13.8 Å². The highest BCUT2D eigenvalue weighted by molar-refractivity contribution is 7.53. The van der Waals surface area contributed by atoms with Gasteiger partial charge >= 0.3 is 13.6 Å². The second-order valence-corrected chi connectivity index (χ2v) is 7.89. The number of nitrogens with one attached hydrogen (secondary N) is 1. The van der Waals surface area contributed by atoms with Gasteiger partial charge in [-0.15, -0.1) is 0 Å². The summed E-state index contributed by atoms with van der Waals surface area (Å²) in [7, 11) is -2.95. The molecule has 0 atom stereocenters. The SMILES string of the molecule is C=C(C)C(=O)OCCNN(C=O)CCCCCCP(=O)(OCC)OCC. The van der Waals surface area contributed by atoms with Gasteiger partial charge in [-0.1, -0.05) is 19.4 Å². The van der Waals surface area contributed by atoms with Crippen molar-refractivity contribution in [1.29, 1.82) is 0 Å². The first-order chi connectivity index (χ1) is 12.4. The number of carbonyl (C=O) groups excluding carboxylic acids is 2. The lowest BCUT2D eigenvalue weighted by molar-refractivity contribution is -0.139. The smallest absolute Gasteiger partial charge is 0.333 e. The highest BCUT2D eigenvalue weighted by atomic mass is 31.2. The maximum Gasteiger partial charge on any atom is 0.333 e. The van der Waals surface area contributed by atoms with Gasteiger partial charge in [0.2, 0.25) is 6.41 Å². The Balaban J connectivity index is 3.82. The zero-order chi connectivity index (χ0) is 19.8. The Morgan fingerprint density at radius 2 is 1.77 bits per heavy atom. The van der Waals surface area contributed by atoms with Crippen molar-refractivity contribution in [3.8, 4) is 0 Å². The highest BCUT2D eigenvalue weighted by Gasteiger charge is 2.22. The van der Waals surface area contributed by atoms with Gasteiger partial charge in [-0.05, 0) is 33.6 Å². The van der Waals surface area contributed by atoms with Crippen LogP contribution >= 0.6 is 7.60 Å². The molecule has 1 amide bonds. The second kappa shape index (κ2) is 14.9. The summed E-state index contributed by atoms with van der Waals surface area (Å²) in [6, 6.07) is 0. The first-order valence-electron chi connectivity index (χ1n) is 9.04. The van der Waals surface area contributed by atoms with Gasteiger partial charge in [-0.2, -0.15) is 0 Å². The molecular formula is C17H33N2O6P. The van der Waals surface area contributed by atoms with Crippen molar-refractivity contribution in [3.05, 3.63) is 12.2 Å². The van der Waals surface area contributed by atoms with E-state index < -0.39 is 13.6 Å². The van der Waals surface area contributed by atoms with Crippen LogP contribution in [0.1, 0.15) is 46.5 Å². The van der Waals surface area contributed by atoms with Gasteiger partial charge in [0.25, 0.3) is 0 Å². The van der Waals surface area contributed by atoms with E-state index >= 15 is 0 Å². The van der Waals surface area contributed by atoms with Gasteiger partial charge in [0.05, 0.1) is 19.4 Å². The summed E-state index contributed by atoms with van der Waals surface area (Å²) < 4.78 is 27.7. The second-order valence-electron chi connectivity index (χ2n) is 5.71. The van der Waals surface area contributed by atoms with Crippen LogP contribution in [-0.4, -0.2) is 56.5 Å². The van der Waals surface area contributed by atoms with E-state index in [-0.39, 0.29) is 6.61 Å². The molecule has 0 fully saturated rings. The van der Waals surface area contributed by atoms with Crippen molar-refractivity contribution >= 4 is 20.0 Å². The van der Waals surface area contributed by atoms with Crippen molar-refractivity contribution in [2.75, 3.05) is 39.1 Å². The molecular weight excluding hydrogens is 359 g/mol. The number of hydrogen-bond donors (Lipinski definition) is 1. The predicted molar refractivity (Wildman–Crippen MR) is 101 cm³/mol. The van der Waals surface area contributed by atoms with Crippen LogP contribution in [0.4, 0.5) is 0 Å². The quantitative estimate of drug-likeness (QED) is 0.102. The van der Waals surface area contributed by atoms with Crippen LogP contribution in [0.25, 0.3) is 0 Å².